The molecule has 1 saturated heterocycles. The first kappa shape index (κ1) is 12.4. The highest BCUT2D eigenvalue weighted by Crippen LogP contribution is 2.34. The first-order valence-electron chi connectivity index (χ1n) is 5.57. The molecule has 1 nitrogen and oxygen atoms in total. The molecule has 0 N–H and O–H groups in total. The molecule has 1 aliphatic rings. The van der Waals surface area contributed by atoms with Gasteiger partial charge in [-0.3, -0.25) is 4.90 Å². The maximum absolute atomic E-state index is 2.68. The highest BCUT2D eigenvalue weighted by Gasteiger charge is 2.37. The van der Waals surface area contributed by atoms with Gasteiger partial charge in [-0.05, 0) is 26.2 Å². The minimum absolute atomic E-state index is 0.318. The van der Waals surface area contributed by atoms with E-state index in [9.17, 15) is 0 Å². The summed E-state index contributed by atoms with van der Waals surface area (Å²) in [5.41, 5.74) is 0.722. The minimum Gasteiger partial charge on any atom is -0.293 e. The Morgan fingerprint density at radius 1 is 1.07 bits per heavy atom. The molecule has 1 rings (SSSR count). The van der Waals surface area contributed by atoms with Crippen LogP contribution in [0.5, 0.6) is 0 Å². The molecule has 0 unspecified atom stereocenters. The molecular formula is C12H25NS. The van der Waals surface area contributed by atoms with Gasteiger partial charge in [0.05, 0.1) is 0 Å². The van der Waals surface area contributed by atoms with Crippen molar-refractivity contribution < 1.29 is 0 Å². The van der Waals surface area contributed by atoms with E-state index < -0.39 is 0 Å². The third-order valence-corrected chi connectivity index (χ3v) is 4.01. The van der Waals surface area contributed by atoms with Crippen LogP contribution < -0.4 is 0 Å². The van der Waals surface area contributed by atoms with Crippen LogP contribution in [0.25, 0.3) is 0 Å². The number of nitrogens with zero attached hydrogens (tertiary/aromatic N) is 1. The van der Waals surface area contributed by atoms with Gasteiger partial charge in [-0.2, -0.15) is 11.8 Å². The van der Waals surface area contributed by atoms with E-state index in [-0.39, 0.29) is 0 Å². The van der Waals surface area contributed by atoms with E-state index in [1.165, 1.54) is 18.1 Å². The Morgan fingerprint density at radius 2 is 1.64 bits per heavy atom. The second kappa shape index (κ2) is 4.05. The molecule has 1 atom stereocenters. The lowest BCUT2D eigenvalue weighted by Crippen LogP contribution is -2.57. The van der Waals surface area contributed by atoms with E-state index in [4.69, 9.17) is 0 Å². The van der Waals surface area contributed by atoms with E-state index in [2.05, 4.69) is 58.2 Å². The molecule has 1 fully saturated rings. The molecule has 0 aromatic carbocycles. The zero-order valence-electron chi connectivity index (χ0n) is 10.6. The summed E-state index contributed by atoms with van der Waals surface area (Å²) in [5, 5.41) is 0. The van der Waals surface area contributed by atoms with Crippen molar-refractivity contribution >= 4 is 11.8 Å². The summed E-state index contributed by atoms with van der Waals surface area (Å²) < 4.78 is 0. The van der Waals surface area contributed by atoms with Crippen LogP contribution in [0.15, 0.2) is 0 Å². The van der Waals surface area contributed by atoms with Gasteiger partial charge in [0.15, 0.2) is 0 Å². The second-order valence-corrected chi connectivity index (χ2v) is 7.47. The van der Waals surface area contributed by atoms with Crippen molar-refractivity contribution in [2.75, 3.05) is 18.1 Å². The molecule has 2 heteroatoms. The lowest BCUT2D eigenvalue weighted by atomic mass is 9.84. The molecule has 84 valence electrons. The van der Waals surface area contributed by atoms with Gasteiger partial charge in [-0.25, -0.2) is 0 Å². The topological polar surface area (TPSA) is 3.24 Å². The average Bonchev–Trinajstić information content (AvgIpc) is 2.01. The summed E-state index contributed by atoms with van der Waals surface area (Å²) in [7, 11) is 0. The van der Waals surface area contributed by atoms with E-state index in [1.807, 2.05) is 0 Å². The molecule has 0 bridgehead atoms. The van der Waals surface area contributed by atoms with E-state index in [0.717, 1.165) is 6.04 Å². The van der Waals surface area contributed by atoms with Crippen molar-refractivity contribution in [3.63, 3.8) is 0 Å². The highest BCUT2D eigenvalue weighted by atomic mass is 32.2. The van der Waals surface area contributed by atoms with Crippen molar-refractivity contribution in [3.8, 4) is 0 Å². The largest absolute Gasteiger partial charge is 0.293 e. The Balaban J connectivity index is 2.80. The number of hydrogen-bond donors (Lipinski definition) is 0. The van der Waals surface area contributed by atoms with Gasteiger partial charge in [-0.1, -0.05) is 20.8 Å². The second-order valence-electron chi connectivity index (χ2n) is 6.32. The molecule has 0 radical (unpaired) electrons. The zero-order chi connectivity index (χ0) is 11.0. The van der Waals surface area contributed by atoms with Crippen LogP contribution >= 0.6 is 11.8 Å². The summed E-state index contributed by atoms with van der Waals surface area (Å²) in [6.07, 6.45) is 0. The van der Waals surface area contributed by atoms with Crippen molar-refractivity contribution in [1.82, 2.24) is 4.90 Å². The Morgan fingerprint density at radius 3 is 2.00 bits per heavy atom. The van der Waals surface area contributed by atoms with Crippen molar-refractivity contribution in [1.29, 1.82) is 0 Å². The molecular weight excluding hydrogens is 190 g/mol. The van der Waals surface area contributed by atoms with Crippen molar-refractivity contribution in [2.45, 2.75) is 53.1 Å². The summed E-state index contributed by atoms with van der Waals surface area (Å²) in [6.45, 7) is 15.3. The number of hydrogen-bond acceptors (Lipinski definition) is 2. The van der Waals surface area contributed by atoms with Gasteiger partial charge in [-0.15, -0.1) is 0 Å². The van der Waals surface area contributed by atoms with Crippen LogP contribution in [0.4, 0.5) is 0 Å². The monoisotopic (exact) mass is 215 g/mol. The summed E-state index contributed by atoms with van der Waals surface area (Å²) in [4.78, 5) is 2.68. The Hall–Kier alpha value is 0.310. The van der Waals surface area contributed by atoms with E-state index >= 15 is 0 Å². The molecule has 1 heterocycles. The smallest absolute Gasteiger partial charge is 0.0240 e. The van der Waals surface area contributed by atoms with Gasteiger partial charge >= 0.3 is 0 Å². The van der Waals surface area contributed by atoms with E-state index in [1.54, 1.807) is 0 Å². The summed E-state index contributed by atoms with van der Waals surface area (Å²) in [6, 6.07) is 0.723. The lowest BCUT2D eigenvalue weighted by molar-refractivity contribution is 0.0377. The third-order valence-electron chi connectivity index (χ3n) is 2.99. The molecule has 0 amide bonds. The summed E-state index contributed by atoms with van der Waals surface area (Å²) >= 11 is 2.11. The van der Waals surface area contributed by atoms with Crippen LogP contribution in [-0.4, -0.2) is 34.5 Å². The minimum atomic E-state index is 0.318. The normalized spacial score (nSPS) is 26.6. The summed E-state index contributed by atoms with van der Waals surface area (Å²) in [5.74, 6) is 2.59. The SMILES string of the molecule is CC(C)(C)[C@@H]1CSCCN1C(C)(C)C. The highest BCUT2D eigenvalue weighted by molar-refractivity contribution is 7.99. The van der Waals surface area contributed by atoms with Gasteiger partial charge in [0.25, 0.3) is 0 Å². The standard InChI is InChI=1S/C12H25NS/c1-11(2,3)10-9-14-8-7-13(10)12(4,5)6/h10H,7-9H2,1-6H3/t10-/m0/s1. The lowest BCUT2D eigenvalue weighted by Gasteiger charge is -2.49. The molecule has 0 saturated carbocycles. The third kappa shape index (κ3) is 2.90. The molecule has 0 aliphatic carbocycles. The van der Waals surface area contributed by atoms with Crippen LogP contribution in [0.2, 0.25) is 0 Å². The molecule has 0 aromatic heterocycles. The maximum atomic E-state index is 2.68. The Bertz CT molecular complexity index is 165. The molecule has 0 spiro atoms. The van der Waals surface area contributed by atoms with Gasteiger partial charge in [0.2, 0.25) is 0 Å². The predicted octanol–water partition coefficient (Wildman–Crippen LogP) is 3.25. The van der Waals surface area contributed by atoms with Crippen LogP contribution in [0.1, 0.15) is 41.5 Å². The van der Waals surface area contributed by atoms with Crippen LogP contribution in [0, 0.1) is 5.41 Å². The van der Waals surface area contributed by atoms with Crippen LogP contribution in [0.3, 0.4) is 0 Å². The maximum Gasteiger partial charge on any atom is 0.0240 e. The average molecular weight is 215 g/mol. The molecule has 1 aliphatic heterocycles. The number of thioether (sulfide) groups is 1. The van der Waals surface area contributed by atoms with Gasteiger partial charge < -0.3 is 0 Å². The van der Waals surface area contributed by atoms with Crippen molar-refractivity contribution in [3.05, 3.63) is 0 Å². The zero-order valence-corrected chi connectivity index (χ0v) is 11.4. The fraction of sp³-hybridized carbons (Fsp3) is 1.00. The van der Waals surface area contributed by atoms with Gasteiger partial charge in [0, 0.05) is 29.6 Å². The first-order chi connectivity index (χ1) is 6.23. The first-order valence-corrected chi connectivity index (χ1v) is 6.73. The molecule has 14 heavy (non-hydrogen) atoms. The molecule has 0 aromatic rings. The van der Waals surface area contributed by atoms with Gasteiger partial charge in [0.1, 0.15) is 0 Å². The van der Waals surface area contributed by atoms with E-state index in [0.29, 0.717) is 11.0 Å². The van der Waals surface area contributed by atoms with Crippen molar-refractivity contribution in [2.24, 2.45) is 5.41 Å². The Labute approximate surface area is 93.6 Å². The predicted molar refractivity (Wildman–Crippen MR) is 67.0 cm³/mol. The fourth-order valence-corrected chi connectivity index (χ4v) is 3.52. The quantitative estimate of drug-likeness (QED) is 0.610. The number of rotatable bonds is 0. The Kier molecular flexibility index (Phi) is 3.58. The fourth-order valence-electron chi connectivity index (χ4n) is 2.12. The van der Waals surface area contributed by atoms with Crippen LogP contribution in [-0.2, 0) is 0 Å².